The van der Waals surface area contributed by atoms with Gasteiger partial charge in [0.2, 0.25) is 0 Å². The van der Waals surface area contributed by atoms with E-state index in [4.69, 9.17) is 10.8 Å². The van der Waals surface area contributed by atoms with Gasteiger partial charge in [-0.3, -0.25) is 0 Å². The summed E-state index contributed by atoms with van der Waals surface area (Å²) in [6.07, 6.45) is 2.31. The molecule has 5 nitrogen and oxygen atoms in total. The lowest BCUT2D eigenvalue weighted by Gasteiger charge is -1.94. The molecule has 0 bridgehead atoms. The highest BCUT2D eigenvalue weighted by atomic mass is 16.3. The van der Waals surface area contributed by atoms with Gasteiger partial charge in [0.05, 0.1) is 6.61 Å². The average molecular weight is 192 g/mol. The largest absolute Gasteiger partial charge is 0.396 e. The molecule has 2 aromatic heterocycles. The molecule has 0 aliphatic heterocycles. The van der Waals surface area contributed by atoms with Gasteiger partial charge in [0.25, 0.3) is 0 Å². The molecule has 0 amide bonds. The molecule has 0 aromatic carbocycles. The lowest BCUT2D eigenvalue weighted by atomic mass is 10.3. The standard InChI is InChI=1S/C9H12N4O/c10-6-7-1-3-13-9(5-7)11-8(12-13)2-4-14/h1,3,5,14H,2,4,6,10H2. The quantitative estimate of drug-likeness (QED) is 0.701. The highest BCUT2D eigenvalue weighted by Crippen LogP contribution is 2.05. The first-order valence-electron chi connectivity index (χ1n) is 4.48. The van der Waals surface area contributed by atoms with Crippen molar-refractivity contribution in [3.63, 3.8) is 0 Å². The van der Waals surface area contributed by atoms with Crippen LogP contribution in [0.2, 0.25) is 0 Å². The zero-order chi connectivity index (χ0) is 9.97. The molecule has 14 heavy (non-hydrogen) atoms. The average Bonchev–Trinajstić information content (AvgIpc) is 2.59. The van der Waals surface area contributed by atoms with Crippen molar-refractivity contribution in [3.8, 4) is 0 Å². The van der Waals surface area contributed by atoms with E-state index in [-0.39, 0.29) is 6.61 Å². The predicted octanol–water partition coefficient (Wildman–Crippen LogP) is -0.277. The summed E-state index contributed by atoms with van der Waals surface area (Å²) < 4.78 is 1.68. The van der Waals surface area contributed by atoms with Crippen molar-refractivity contribution in [1.82, 2.24) is 14.6 Å². The molecule has 2 heterocycles. The fourth-order valence-corrected chi connectivity index (χ4v) is 1.30. The second-order valence-electron chi connectivity index (χ2n) is 3.04. The monoisotopic (exact) mass is 192 g/mol. The van der Waals surface area contributed by atoms with E-state index in [0.717, 1.165) is 11.2 Å². The van der Waals surface area contributed by atoms with Crippen molar-refractivity contribution < 1.29 is 5.11 Å². The molecule has 2 rings (SSSR count). The number of pyridine rings is 1. The van der Waals surface area contributed by atoms with Crippen molar-refractivity contribution >= 4 is 5.65 Å². The number of hydrogen-bond donors (Lipinski definition) is 2. The second kappa shape index (κ2) is 3.73. The SMILES string of the molecule is NCc1ccn2nc(CCO)nc2c1. The van der Waals surface area contributed by atoms with Crippen LogP contribution in [0.15, 0.2) is 18.3 Å². The van der Waals surface area contributed by atoms with Gasteiger partial charge in [-0.15, -0.1) is 0 Å². The Morgan fingerprint density at radius 1 is 1.50 bits per heavy atom. The molecule has 2 aromatic rings. The molecule has 0 saturated carbocycles. The van der Waals surface area contributed by atoms with Gasteiger partial charge in [0.15, 0.2) is 11.5 Å². The van der Waals surface area contributed by atoms with E-state index in [2.05, 4.69) is 10.1 Å². The summed E-state index contributed by atoms with van der Waals surface area (Å²) in [5.41, 5.74) is 7.31. The Labute approximate surface area is 81.2 Å². The summed E-state index contributed by atoms with van der Waals surface area (Å²) in [6.45, 7) is 0.569. The normalized spacial score (nSPS) is 11.0. The van der Waals surface area contributed by atoms with E-state index in [0.29, 0.717) is 18.8 Å². The lowest BCUT2D eigenvalue weighted by molar-refractivity contribution is 0.296. The number of hydrogen-bond acceptors (Lipinski definition) is 4. The Hall–Kier alpha value is -1.46. The Kier molecular flexibility index (Phi) is 2.43. The molecule has 5 heteroatoms. The lowest BCUT2D eigenvalue weighted by Crippen LogP contribution is -1.97. The number of aliphatic hydroxyl groups is 1. The number of nitrogens with two attached hydrogens (primary N) is 1. The van der Waals surface area contributed by atoms with E-state index in [9.17, 15) is 0 Å². The van der Waals surface area contributed by atoms with Crippen LogP contribution in [-0.2, 0) is 13.0 Å². The van der Waals surface area contributed by atoms with Crippen LogP contribution >= 0.6 is 0 Å². The summed E-state index contributed by atoms with van der Waals surface area (Å²) in [5, 5.41) is 12.9. The number of aliphatic hydroxyl groups excluding tert-OH is 1. The van der Waals surface area contributed by atoms with E-state index in [1.165, 1.54) is 0 Å². The zero-order valence-corrected chi connectivity index (χ0v) is 7.72. The molecule has 0 spiro atoms. The number of rotatable bonds is 3. The van der Waals surface area contributed by atoms with Gasteiger partial charge in [0, 0.05) is 19.2 Å². The van der Waals surface area contributed by atoms with Gasteiger partial charge in [-0.05, 0) is 17.7 Å². The molecule has 0 aliphatic rings. The third-order valence-corrected chi connectivity index (χ3v) is 2.02. The van der Waals surface area contributed by atoms with Crippen LogP contribution in [0.5, 0.6) is 0 Å². The highest BCUT2D eigenvalue weighted by Gasteiger charge is 2.02. The molecule has 0 aliphatic carbocycles. The summed E-state index contributed by atoms with van der Waals surface area (Å²) in [4.78, 5) is 4.25. The Balaban J connectivity index is 2.43. The molecular formula is C9H12N4O. The van der Waals surface area contributed by atoms with Crippen molar-refractivity contribution in [3.05, 3.63) is 29.7 Å². The minimum atomic E-state index is 0.0701. The molecule has 0 radical (unpaired) electrons. The van der Waals surface area contributed by atoms with Crippen LogP contribution in [0.1, 0.15) is 11.4 Å². The van der Waals surface area contributed by atoms with Crippen LogP contribution in [0.4, 0.5) is 0 Å². The first kappa shape index (κ1) is 9.11. The maximum atomic E-state index is 8.74. The van der Waals surface area contributed by atoms with Crippen LogP contribution in [-0.4, -0.2) is 26.3 Å². The van der Waals surface area contributed by atoms with E-state index in [1.54, 1.807) is 4.52 Å². The fraction of sp³-hybridized carbons (Fsp3) is 0.333. The second-order valence-corrected chi connectivity index (χ2v) is 3.04. The highest BCUT2D eigenvalue weighted by molar-refractivity contribution is 5.40. The van der Waals surface area contributed by atoms with Crippen molar-refractivity contribution in [2.45, 2.75) is 13.0 Å². The Morgan fingerprint density at radius 2 is 2.36 bits per heavy atom. The maximum absolute atomic E-state index is 8.74. The molecule has 0 atom stereocenters. The third kappa shape index (κ3) is 1.59. The number of aromatic nitrogens is 3. The summed E-state index contributed by atoms with van der Waals surface area (Å²) in [7, 11) is 0. The third-order valence-electron chi connectivity index (χ3n) is 2.02. The minimum absolute atomic E-state index is 0.0701. The van der Waals surface area contributed by atoms with Crippen LogP contribution in [0.3, 0.4) is 0 Å². The van der Waals surface area contributed by atoms with Gasteiger partial charge in [-0.1, -0.05) is 0 Å². The van der Waals surface area contributed by atoms with Gasteiger partial charge >= 0.3 is 0 Å². The van der Waals surface area contributed by atoms with E-state index in [1.807, 2.05) is 18.3 Å². The van der Waals surface area contributed by atoms with Crippen LogP contribution in [0.25, 0.3) is 5.65 Å². The van der Waals surface area contributed by atoms with Gasteiger partial charge in [-0.25, -0.2) is 9.50 Å². The summed E-state index contributed by atoms with van der Waals surface area (Å²) in [6, 6.07) is 3.80. The zero-order valence-electron chi connectivity index (χ0n) is 7.72. The van der Waals surface area contributed by atoms with E-state index >= 15 is 0 Å². The number of nitrogens with zero attached hydrogens (tertiary/aromatic N) is 3. The Bertz CT molecular complexity index is 437. The first-order valence-corrected chi connectivity index (χ1v) is 4.48. The number of fused-ring (bicyclic) bond motifs is 1. The van der Waals surface area contributed by atoms with Gasteiger partial charge < -0.3 is 10.8 Å². The molecule has 0 unspecified atom stereocenters. The fourth-order valence-electron chi connectivity index (χ4n) is 1.30. The van der Waals surface area contributed by atoms with Crippen molar-refractivity contribution in [2.24, 2.45) is 5.73 Å². The molecule has 3 N–H and O–H groups in total. The van der Waals surface area contributed by atoms with Crippen molar-refractivity contribution in [1.29, 1.82) is 0 Å². The molecule has 0 fully saturated rings. The van der Waals surface area contributed by atoms with Gasteiger partial charge in [0.1, 0.15) is 0 Å². The van der Waals surface area contributed by atoms with E-state index < -0.39 is 0 Å². The van der Waals surface area contributed by atoms with Gasteiger partial charge in [-0.2, -0.15) is 5.10 Å². The topological polar surface area (TPSA) is 76.4 Å². The van der Waals surface area contributed by atoms with Crippen LogP contribution < -0.4 is 5.73 Å². The minimum Gasteiger partial charge on any atom is -0.396 e. The molecular weight excluding hydrogens is 180 g/mol. The van der Waals surface area contributed by atoms with Crippen LogP contribution in [0, 0.1) is 0 Å². The smallest absolute Gasteiger partial charge is 0.155 e. The predicted molar refractivity (Wildman–Crippen MR) is 51.7 cm³/mol. The Morgan fingerprint density at radius 3 is 3.07 bits per heavy atom. The summed E-state index contributed by atoms with van der Waals surface area (Å²) in [5.74, 6) is 0.654. The molecule has 0 saturated heterocycles. The summed E-state index contributed by atoms with van der Waals surface area (Å²) >= 11 is 0. The maximum Gasteiger partial charge on any atom is 0.155 e. The van der Waals surface area contributed by atoms with Crippen molar-refractivity contribution in [2.75, 3.05) is 6.61 Å². The first-order chi connectivity index (χ1) is 6.83. The molecule has 74 valence electrons.